The molecular weight excluding hydrogens is 310 g/mol. The number of aryl methyl sites for hydroxylation is 1. The van der Waals surface area contributed by atoms with Crippen LogP contribution in [0.25, 0.3) is 0 Å². The summed E-state index contributed by atoms with van der Waals surface area (Å²) in [6.45, 7) is 1.69. The van der Waals surface area contributed by atoms with Crippen molar-refractivity contribution in [2.45, 2.75) is 13.5 Å². The van der Waals surface area contributed by atoms with E-state index < -0.39 is 18.5 Å². The van der Waals surface area contributed by atoms with Gasteiger partial charge in [-0.15, -0.1) is 0 Å². The maximum atomic E-state index is 11.8. The van der Waals surface area contributed by atoms with E-state index in [0.717, 1.165) is 16.9 Å². The molecule has 24 heavy (non-hydrogen) atoms. The van der Waals surface area contributed by atoms with Gasteiger partial charge in [0.15, 0.2) is 6.61 Å². The smallest absolute Gasteiger partial charge is 0.342 e. The minimum Gasteiger partial charge on any atom is -0.507 e. The summed E-state index contributed by atoms with van der Waals surface area (Å²) >= 11 is 0. The lowest BCUT2D eigenvalue weighted by Gasteiger charge is -2.08. The third kappa shape index (κ3) is 4.74. The normalized spacial score (nSPS) is 10.1. The molecule has 2 rings (SSSR count). The average Bonchev–Trinajstić information content (AvgIpc) is 2.58. The van der Waals surface area contributed by atoms with Gasteiger partial charge in [-0.05, 0) is 42.3 Å². The van der Waals surface area contributed by atoms with Crippen molar-refractivity contribution in [3.05, 3.63) is 59.2 Å². The second-order valence-electron chi connectivity index (χ2n) is 5.22. The first-order chi connectivity index (χ1) is 11.5. The number of phenolic OH excluding ortho intramolecular Hbond substituents is 1. The quantitative estimate of drug-likeness (QED) is 0.794. The lowest BCUT2D eigenvalue weighted by atomic mass is 10.1. The highest BCUT2D eigenvalue weighted by molar-refractivity contribution is 5.93. The van der Waals surface area contributed by atoms with Gasteiger partial charge in [-0.1, -0.05) is 18.2 Å². The number of phenols is 1. The van der Waals surface area contributed by atoms with Crippen molar-refractivity contribution in [2.24, 2.45) is 0 Å². The first kappa shape index (κ1) is 17.3. The van der Waals surface area contributed by atoms with E-state index in [1.807, 2.05) is 12.1 Å². The number of rotatable bonds is 6. The molecule has 0 aliphatic heterocycles. The Morgan fingerprint density at radius 1 is 1.12 bits per heavy atom. The molecule has 0 aliphatic rings. The van der Waals surface area contributed by atoms with Crippen LogP contribution in [0.4, 0.5) is 0 Å². The number of carbonyl (C=O) groups excluding carboxylic acids is 2. The zero-order chi connectivity index (χ0) is 17.5. The number of nitrogens with one attached hydrogen (secondary N) is 1. The number of methoxy groups -OCH3 is 1. The molecule has 0 saturated carbocycles. The Kier molecular flexibility index (Phi) is 5.78. The maximum absolute atomic E-state index is 11.8. The van der Waals surface area contributed by atoms with Crippen LogP contribution < -0.4 is 10.1 Å². The summed E-state index contributed by atoms with van der Waals surface area (Å²) < 4.78 is 9.96. The number of carbonyl (C=O) groups is 2. The molecule has 0 heterocycles. The number of hydrogen-bond donors (Lipinski definition) is 2. The Balaban J connectivity index is 1.80. The molecule has 126 valence electrons. The highest BCUT2D eigenvalue weighted by Crippen LogP contribution is 2.19. The third-order valence-electron chi connectivity index (χ3n) is 3.36. The Bertz CT molecular complexity index is 725. The van der Waals surface area contributed by atoms with E-state index in [2.05, 4.69) is 5.32 Å². The number of ether oxygens (including phenoxy) is 2. The molecule has 1 amide bonds. The van der Waals surface area contributed by atoms with Gasteiger partial charge in [0.05, 0.1) is 7.11 Å². The van der Waals surface area contributed by atoms with Crippen LogP contribution in [0.3, 0.4) is 0 Å². The van der Waals surface area contributed by atoms with Crippen molar-refractivity contribution in [2.75, 3.05) is 13.7 Å². The monoisotopic (exact) mass is 329 g/mol. The first-order valence-corrected chi connectivity index (χ1v) is 7.36. The van der Waals surface area contributed by atoms with E-state index in [-0.39, 0.29) is 11.3 Å². The molecule has 0 radical (unpaired) electrons. The Hall–Kier alpha value is -3.02. The fourth-order valence-corrected chi connectivity index (χ4v) is 2.02. The summed E-state index contributed by atoms with van der Waals surface area (Å²) in [5.41, 5.74) is 1.75. The zero-order valence-corrected chi connectivity index (χ0v) is 13.5. The van der Waals surface area contributed by atoms with Gasteiger partial charge in [0.25, 0.3) is 5.91 Å². The minimum absolute atomic E-state index is 0.0311. The summed E-state index contributed by atoms with van der Waals surface area (Å²) in [5, 5.41) is 12.4. The summed E-state index contributed by atoms with van der Waals surface area (Å²) in [5.74, 6) is -0.603. The molecule has 0 saturated heterocycles. The molecule has 0 fully saturated rings. The topological polar surface area (TPSA) is 84.9 Å². The Morgan fingerprint density at radius 2 is 1.83 bits per heavy atom. The van der Waals surface area contributed by atoms with Crippen LogP contribution in [-0.4, -0.2) is 30.7 Å². The van der Waals surface area contributed by atoms with Gasteiger partial charge in [0, 0.05) is 6.54 Å². The summed E-state index contributed by atoms with van der Waals surface area (Å²) in [6.07, 6.45) is 0. The Morgan fingerprint density at radius 3 is 2.46 bits per heavy atom. The van der Waals surface area contributed by atoms with Crippen molar-refractivity contribution in [3.8, 4) is 11.5 Å². The van der Waals surface area contributed by atoms with Crippen LogP contribution >= 0.6 is 0 Å². The second kappa shape index (κ2) is 8.01. The van der Waals surface area contributed by atoms with Gasteiger partial charge in [0.2, 0.25) is 0 Å². The molecule has 2 N–H and O–H groups in total. The highest BCUT2D eigenvalue weighted by atomic mass is 16.5. The largest absolute Gasteiger partial charge is 0.507 e. The fraction of sp³-hybridized carbons (Fsp3) is 0.222. The SMILES string of the molecule is COc1ccc(CNC(=O)COC(=O)c2ccc(C)cc2O)cc1. The summed E-state index contributed by atoms with van der Waals surface area (Å²) in [7, 11) is 1.58. The van der Waals surface area contributed by atoms with Crippen molar-refractivity contribution in [1.29, 1.82) is 0 Å². The van der Waals surface area contributed by atoms with Gasteiger partial charge in [0.1, 0.15) is 17.1 Å². The standard InChI is InChI=1S/C18H19NO5/c1-12-3-8-15(16(20)9-12)18(22)24-11-17(21)19-10-13-4-6-14(23-2)7-5-13/h3-9,20H,10-11H2,1-2H3,(H,19,21). The van der Waals surface area contributed by atoms with Crippen LogP contribution in [0.2, 0.25) is 0 Å². The Labute approximate surface area is 140 Å². The lowest BCUT2D eigenvalue weighted by Crippen LogP contribution is -2.28. The van der Waals surface area contributed by atoms with Gasteiger partial charge in [-0.2, -0.15) is 0 Å². The van der Waals surface area contributed by atoms with Crippen LogP contribution in [-0.2, 0) is 16.1 Å². The molecule has 0 spiro atoms. The lowest BCUT2D eigenvalue weighted by molar-refractivity contribution is -0.124. The fourth-order valence-electron chi connectivity index (χ4n) is 2.02. The van der Waals surface area contributed by atoms with E-state index in [1.165, 1.54) is 12.1 Å². The van der Waals surface area contributed by atoms with Crippen molar-refractivity contribution < 1.29 is 24.2 Å². The average molecular weight is 329 g/mol. The number of benzene rings is 2. The van der Waals surface area contributed by atoms with Crippen LogP contribution in [0.5, 0.6) is 11.5 Å². The number of esters is 1. The van der Waals surface area contributed by atoms with Gasteiger partial charge >= 0.3 is 5.97 Å². The van der Waals surface area contributed by atoms with E-state index in [1.54, 1.807) is 32.2 Å². The third-order valence-corrected chi connectivity index (χ3v) is 3.36. The van der Waals surface area contributed by atoms with Crippen LogP contribution in [0, 0.1) is 6.92 Å². The van der Waals surface area contributed by atoms with E-state index >= 15 is 0 Å². The van der Waals surface area contributed by atoms with Crippen LogP contribution in [0.1, 0.15) is 21.5 Å². The summed E-state index contributed by atoms with van der Waals surface area (Å²) in [4.78, 5) is 23.6. The number of hydrogen-bond acceptors (Lipinski definition) is 5. The number of amides is 1. The molecule has 0 aliphatic carbocycles. The minimum atomic E-state index is -0.743. The van der Waals surface area contributed by atoms with E-state index in [0.29, 0.717) is 6.54 Å². The molecule has 2 aromatic carbocycles. The van der Waals surface area contributed by atoms with Crippen LogP contribution in [0.15, 0.2) is 42.5 Å². The van der Waals surface area contributed by atoms with E-state index in [9.17, 15) is 14.7 Å². The predicted molar refractivity (Wildman–Crippen MR) is 88.0 cm³/mol. The van der Waals surface area contributed by atoms with Gasteiger partial charge < -0.3 is 19.9 Å². The second-order valence-corrected chi connectivity index (χ2v) is 5.22. The van der Waals surface area contributed by atoms with Gasteiger partial charge in [-0.25, -0.2) is 4.79 Å². The van der Waals surface area contributed by atoms with Crippen molar-refractivity contribution in [3.63, 3.8) is 0 Å². The molecule has 2 aromatic rings. The molecule has 6 heteroatoms. The maximum Gasteiger partial charge on any atom is 0.342 e. The molecule has 6 nitrogen and oxygen atoms in total. The zero-order valence-electron chi connectivity index (χ0n) is 13.5. The molecule has 0 unspecified atom stereocenters. The molecule has 0 atom stereocenters. The van der Waals surface area contributed by atoms with Crippen molar-refractivity contribution >= 4 is 11.9 Å². The molecule has 0 aromatic heterocycles. The highest BCUT2D eigenvalue weighted by Gasteiger charge is 2.14. The predicted octanol–water partition coefficient (Wildman–Crippen LogP) is 2.18. The van der Waals surface area contributed by atoms with Crippen molar-refractivity contribution in [1.82, 2.24) is 5.32 Å². The summed E-state index contributed by atoms with van der Waals surface area (Å²) in [6, 6.07) is 11.8. The first-order valence-electron chi connectivity index (χ1n) is 7.36. The molecule has 0 bridgehead atoms. The number of aromatic hydroxyl groups is 1. The van der Waals surface area contributed by atoms with Gasteiger partial charge in [-0.3, -0.25) is 4.79 Å². The molecular formula is C18H19NO5. The van der Waals surface area contributed by atoms with E-state index in [4.69, 9.17) is 9.47 Å².